The molecule has 0 spiro atoms. The van der Waals surface area contributed by atoms with Gasteiger partial charge >= 0.3 is 0 Å². The van der Waals surface area contributed by atoms with Gasteiger partial charge in [0.25, 0.3) is 0 Å². The number of halogens is 1. The highest BCUT2D eigenvalue weighted by molar-refractivity contribution is 9.10. The molecule has 0 aliphatic heterocycles. The van der Waals surface area contributed by atoms with Gasteiger partial charge in [-0.2, -0.15) is 0 Å². The van der Waals surface area contributed by atoms with Gasteiger partial charge in [0.1, 0.15) is 0 Å². The lowest BCUT2D eigenvalue weighted by atomic mass is 10.1. The van der Waals surface area contributed by atoms with Crippen molar-refractivity contribution in [2.24, 2.45) is 5.73 Å². The topological polar surface area (TPSA) is 42.1 Å². The zero-order valence-electron chi connectivity index (χ0n) is 10.7. The van der Waals surface area contributed by atoms with E-state index in [0.717, 1.165) is 30.4 Å². The molecule has 0 amide bonds. The lowest BCUT2D eigenvalue weighted by Gasteiger charge is -2.30. The molecule has 0 saturated heterocycles. The SMILES string of the molecule is CCCN(CCC)C(CN)c1cncc(Br)c1. The lowest BCUT2D eigenvalue weighted by molar-refractivity contribution is 0.201. The van der Waals surface area contributed by atoms with E-state index >= 15 is 0 Å². The van der Waals surface area contributed by atoms with Crippen molar-refractivity contribution >= 4 is 15.9 Å². The molecule has 4 heteroatoms. The van der Waals surface area contributed by atoms with Gasteiger partial charge in [-0.1, -0.05) is 13.8 Å². The van der Waals surface area contributed by atoms with Crippen LogP contribution in [0.4, 0.5) is 0 Å². The Morgan fingerprint density at radius 2 is 1.94 bits per heavy atom. The maximum atomic E-state index is 5.93. The van der Waals surface area contributed by atoms with E-state index in [-0.39, 0.29) is 6.04 Å². The molecular weight excluding hydrogens is 278 g/mol. The second-order valence-corrected chi connectivity index (χ2v) is 5.14. The predicted molar refractivity (Wildman–Crippen MR) is 75.9 cm³/mol. The largest absolute Gasteiger partial charge is 0.329 e. The summed E-state index contributed by atoms with van der Waals surface area (Å²) in [6.45, 7) is 7.22. The molecule has 1 rings (SSSR count). The van der Waals surface area contributed by atoms with E-state index in [1.54, 1.807) is 6.20 Å². The number of nitrogens with two attached hydrogens (primary N) is 1. The van der Waals surface area contributed by atoms with Crippen molar-refractivity contribution < 1.29 is 0 Å². The van der Waals surface area contributed by atoms with Crippen LogP contribution in [-0.4, -0.2) is 29.5 Å². The van der Waals surface area contributed by atoms with E-state index in [2.05, 4.69) is 45.7 Å². The summed E-state index contributed by atoms with van der Waals surface area (Å²) < 4.78 is 1.02. The fraction of sp³-hybridized carbons (Fsp3) is 0.615. The van der Waals surface area contributed by atoms with Crippen LogP contribution in [0.2, 0.25) is 0 Å². The van der Waals surface area contributed by atoms with Gasteiger partial charge in [-0.25, -0.2) is 0 Å². The third-order valence-corrected chi connectivity index (χ3v) is 3.23. The Morgan fingerprint density at radius 3 is 2.41 bits per heavy atom. The Labute approximate surface area is 113 Å². The molecule has 2 N–H and O–H groups in total. The molecule has 96 valence electrons. The first-order valence-electron chi connectivity index (χ1n) is 6.27. The van der Waals surface area contributed by atoms with Gasteiger partial charge in [-0.3, -0.25) is 9.88 Å². The molecule has 3 nitrogen and oxygen atoms in total. The van der Waals surface area contributed by atoms with E-state index in [1.807, 2.05) is 6.20 Å². The van der Waals surface area contributed by atoms with Crippen LogP contribution in [0, 0.1) is 0 Å². The van der Waals surface area contributed by atoms with Crippen LogP contribution in [0.5, 0.6) is 0 Å². The Hall–Kier alpha value is -0.450. The molecule has 0 bridgehead atoms. The monoisotopic (exact) mass is 299 g/mol. The average Bonchev–Trinajstić information content (AvgIpc) is 2.31. The molecule has 0 aliphatic carbocycles. The molecule has 1 aromatic heterocycles. The second-order valence-electron chi connectivity index (χ2n) is 4.22. The van der Waals surface area contributed by atoms with Gasteiger partial charge in [0.2, 0.25) is 0 Å². The molecule has 1 atom stereocenters. The van der Waals surface area contributed by atoms with Crippen molar-refractivity contribution in [1.82, 2.24) is 9.88 Å². The van der Waals surface area contributed by atoms with Crippen molar-refractivity contribution in [3.05, 3.63) is 28.5 Å². The minimum Gasteiger partial charge on any atom is -0.329 e. The molecule has 0 aliphatic rings. The number of nitrogens with zero attached hydrogens (tertiary/aromatic N) is 2. The van der Waals surface area contributed by atoms with Crippen LogP contribution in [0.25, 0.3) is 0 Å². The Morgan fingerprint density at radius 1 is 1.29 bits per heavy atom. The summed E-state index contributed by atoms with van der Waals surface area (Å²) in [4.78, 5) is 6.67. The molecule has 1 aromatic rings. The smallest absolute Gasteiger partial charge is 0.0486 e. The zero-order valence-corrected chi connectivity index (χ0v) is 12.3. The van der Waals surface area contributed by atoms with Gasteiger partial charge in [-0.05, 0) is 53.5 Å². The second kappa shape index (κ2) is 7.80. The summed E-state index contributed by atoms with van der Waals surface area (Å²) in [6, 6.07) is 2.39. The minimum absolute atomic E-state index is 0.278. The Bertz CT molecular complexity index is 324. The fourth-order valence-corrected chi connectivity index (χ4v) is 2.49. The van der Waals surface area contributed by atoms with E-state index in [9.17, 15) is 0 Å². The normalized spacial score (nSPS) is 13.0. The highest BCUT2D eigenvalue weighted by Gasteiger charge is 2.18. The fourth-order valence-electron chi connectivity index (χ4n) is 2.10. The lowest BCUT2D eigenvalue weighted by Crippen LogP contribution is -2.35. The molecule has 1 heterocycles. The predicted octanol–water partition coefficient (Wildman–Crippen LogP) is 2.97. The van der Waals surface area contributed by atoms with Crippen LogP contribution in [-0.2, 0) is 0 Å². The number of hydrogen-bond acceptors (Lipinski definition) is 3. The third-order valence-electron chi connectivity index (χ3n) is 2.80. The summed E-state index contributed by atoms with van der Waals surface area (Å²) in [7, 11) is 0. The van der Waals surface area contributed by atoms with E-state index < -0.39 is 0 Å². The molecule has 0 saturated carbocycles. The van der Waals surface area contributed by atoms with Gasteiger partial charge < -0.3 is 5.73 Å². The molecule has 0 radical (unpaired) electrons. The van der Waals surface area contributed by atoms with Gasteiger partial charge in [0.05, 0.1) is 0 Å². The standard InChI is InChI=1S/C13H22BrN3/c1-3-5-17(6-4-2)13(8-15)11-7-12(14)10-16-9-11/h7,9-10,13H,3-6,8,15H2,1-2H3. The number of pyridine rings is 1. The number of aromatic nitrogens is 1. The maximum absolute atomic E-state index is 5.93. The molecular formula is C13H22BrN3. The minimum atomic E-state index is 0.278. The Kier molecular flexibility index (Phi) is 6.70. The van der Waals surface area contributed by atoms with Crippen molar-refractivity contribution in [2.45, 2.75) is 32.7 Å². The van der Waals surface area contributed by atoms with Crippen molar-refractivity contribution in [1.29, 1.82) is 0 Å². The first kappa shape index (κ1) is 14.6. The first-order valence-corrected chi connectivity index (χ1v) is 7.06. The van der Waals surface area contributed by atoms with Gasteiger partial charge in [0, 0.05) is 29.5 Å². The summed E-state index contributed by atoms with van der Waals surface area (Å²) in [6.07, 6.45) is 6.03. The van der Waals surface area contributed by atoms with Crippen LogP contribution in [0.15, 0.2) is 22.9 Å². The first-order chi connectivity index (χ1) is 8.22. The molecule has 1 unspecified atom stereocenters. The van der Waals surface area contributed by atoms with Gasteiger partial charge in [0.15, 0.2) is 0 Å². The van der Waals surface area contributed by atoms with Crippen molar-refractivity contribution in [3.8, 4) is 0 Å². The van der Waals surface area contributed by atoms with Crippen LogP contribution in [0.3, 0.4) is 0 Å². The molecule has 17 heavy (non-hydrogen) atoms. The highest BCUT2D eigenvalue weighted by atomic mass is 79.9. The Balaban J connectivity index is 2.87. The van der Waals surface area contributed by atoms with Crippen LogP contribution in [0.1, 0.15) is 38.3 Å². The third kappa shape index (κ3) is 4.37. The average molecular weight is 300 g/mol. The number of hydrogen-bond donors (Lipinski definition) is 1. The van der Waals surface area contributed by atoms with E-state index in [1.165, 1.54) is 5.56 Å². The summed E-state index contributed by atoms with van der Waals surface area (Å²) >= 11 is 3.46. The van der Waals surface area contributed by atoms with E-state index in [4.69, 9.17) is 5.73 Å². The quantitative estimate of drug-likeness (QED) is 0.842. The van der Waals surface area contributed by atoms with Crippen LogP contribution < -0.4 is 5.73 Å². The molecule has 0 aromatic carbocycles. The zero-order chi connectivity index (χ0) is 12.7. The molecule has 0 fully saturated rings. The maximum Gasteiger partial charge on any atom is 0.0486 e. The number of rotatable bonds is 7. The summed E-state index contributed by atoms with van der Waals surface area (Å²) in [5.74, 6) is 0. The van der Waals surface area contributed by atoms with E-state index in [0.29, 0.717) is 6.54 Å². The van der Waals surface area contributed by atoms with Crippen LogP contribution >= 0.6 is 15.9 Å². The summed E-state index contributed by atoms with van der Waals surface area (Å²) in [5.41, 5.74) is 7.13. The van der Waals surface area contributed by atoms with Crippen molar-refractivity contribution in [2.75, 3.05) is 19.6 Å². The summed E-state index contributed by atoms with van der Waals surface area (Å²) in [5, 5.41) is 0. The highest BCUT2D eigenvalue weighted by Crippen LogP contribution is 2.22. The van der Waals surface area contributed by atoms with Crippen molar-refractivity contribution in [3.63, 3.8) is 0 Å². The van der Waals surface area contributed by atoms with Gasteiger partial charge in [-0.15, -0.1) is 0 Å².